The third-order valence-electron chi connectivity index (χ3n) is 3.51. The Kier molecular flexibility index (Phi) is 4.55. The van der Waals surface area contributed by atoms with Gasteiger partial charge in [0.25, 0.3) is 5.91 Å². The Morgan fingerprint density at radius 3 is 2.68 bits per heavy atom. The highest BCUT2D eigenvalue weighted by Crippen LogP contribution is 2.24. The normalized spacial score (nSPS) is 11.6. The zero-order valence-electron chi connectivity index (χ0n) is 12.2. The molecule has 1 heterocycles. The Morgan fingerprint density at radius 2 is 2.05 bits per heavy atom. The van der Waals surface area contributed by atoms with Crippen LogP contribution in [0.5, 0.6) is 0 Å². The summed E-state index contributed by atoms with van der Waals surface area (Å²) >= 11 is 3.19. The molecule has 0 radical (unpaired) electrons. The first kappa shape index (κ1) is 16.5. The highest BCUT2D eigenvalue weighted by molar-refractivity contribution is 9.10. The average molecular weight is 371 g/mol. The second kappa shape index (κ2) is 6.08. The van der Waals surface area contributed by atoms with Gasteiger partial charge in [0.05, 0.1) is 10.9 Å². The van der Waals surface area contributed by atoms with Crippen LogP contribution in [0.4, 0.5) is 4.39 Å². The van der Waals surface area contributed by atoms with Crippen molar-refractivity contribution in [3.63, 3.8) is 0 Å². The summed E-state index contributed by atoms with van der Waals surface area (Å²) in [4.78, 5) is 25.9. The molecule has 0 aliphatic carbocycles. The lowest BCUT2D eigenvalue weighted by Gasteiger charge is -2.18. The molecule has 2 rings (SSSR count). The molecule has 3 N–H and O–H groups in total. The first-order chi connectivity index (χ1) is 10.2. The van der Waals surface area contributed by atoms with Crippen LogP contribution in [0, 0.1) is 11.2 Å². The Balaban J connectivity index is 2.08. The minimum atomic E-state index is -0.917. The summed E-state index contributed by atoms with van der Waals surface area (Å²) in [6.45, 7) is 3.41. The molecule has 0 saturated heterocycles. The second-order valence-electron chi connectivity index (χ2n) is 5.73. The van der Waals surface area contributed by atoms with Gasteiger partial charge in [-0.05, 0) is 38.5 Å². The number of rotatable bonds is 5. The fraction of sp³-hybridized carbons (Fsp3) is 0.333. The van der Waals surface area contributed by atoms with E-state index in [2.05, 4.69) is 26.2 Å². The molecule has 0 bridgehead atoms. The van der Waals surface area contributed by atoms with E-state index in [0.29, 0.717) is 21.8 Å². The average Bonchev–Trinajstić information content (AvgIpc) is 2.82. The van der Waals surface area contributed by atoms with Crippen molar-refractivity contribution in [2.45, 2.75) is 20.3 Å². The first-order valence-corrected chi connectivity index (χ1v) is 7.49. The van der Waals surface area contributed by atoms with Crippen LogP contribution in [0.3, 0.4) is 0 Å². The molecule has 5 nitrogen and oxygen atoms in total. The van der Waals surface area contributed by atoms with E-state index < -0.39 is 23.1 Å². The fourth-order valence-electron chi connectivity index (χ4n) is 1.97. The Morgan fingerprint density at radius 1 is 1.36 bits per heavy atom. The largest absolute Gasteiger partial charge is 0.481 e. The monoisotopic (exact) mass is 370 g/mol. The molecule has 1 aromatic heterocycles. The number of hydrogen-bond acceptors (Lipinski definition) is 2. The van der Waals surface area contributed by atoms with E-state index in [1.807, 2.05) is 0 Å². The van der Waals surface area contributed by atoms with Gasteiger partial charge in [-0.3, -0.25) is 9.59 Å². The van der Waals surface area contributed by atoms with Crippen molar-refractivity contribution < 1.29 is 19.1 Å². The molecule has 2 aromatic rings. The van der Waals surface area contributed by atoms with E-state index >= 15 is 0 Å². The number of H-pyrrole nitrogens is 1. The van der Waals surface area contributed by atoms with Gasteiger partial charge in [0.1, 0.15) is 11.5 Å². The summed E-state index contributed by atoms with van der Waals surface area (Å²) in [5.74, 6) is -1.74. The summed E-state index contributed by atoms with van der Waals surface area (Å²) in [6.07, 6.45) is 0.300. The third-order valence-corrected chi connectivity index (χ3v) is 3.97. The van der Waals surface area contributed by atoms with Gasteiger partial charge in [-0.25, -0.2) is 4.39 Å². The van der Waals surface area contributed by atoms with E-state index in [1.165, 1.54) is 12.1 Å². The predicted octanol–water partition coefficient (Wildman–Crippen LogP) is 3.30. The molecule has 0 saturated carbocycles. The van der Waals surface area contributed by atoms with Gasteiger partial charge >= 0.3 is 5.97 Å². The number of fused-ring (bicyclic) bond motifs is 1. The number of aliphatic carboxylic acids is 1. The second-order valence-corrected chi connectivity index (χ2v) is 6.64. The summed E-state index contributed by atoms with van der Waals surface area (Å²) in [6, 6.07) is 4.45. The van der Waals surface area contributed by atoms with E-state index in [0.717, 1.165) is 0 Å². The van der Waals surface area contributed by atoms with Gasteiger partial charge in [-0.2, -0.15) is 0 Å². The Bertz CT molecular complexity index is 740. The molecule has 0 unspecified atom stereocenters. The van der Waals surface area contributed by atoms with Crippen molar-refractivity contribution >= 4 is 38.7 Å². The summed E-state index contributed by atoms with van der Waals surface area (Å²) in [7, 11) is 0. The number of halogens is 2. The molecule has 0 spiro atoms. The van der Waals surface area contributed by atoms with Crippen molar-refractivity contribution in [3.8, 4) is 0 Å². The number of aromatic nitrogens is 1. The van der Waals surface area contributed by atoms with Crippen molar-refractivity contribution in [2.75, 3.05) is 6.54 Å². The maximum Gasteiger partial charge on any atom is 0.309 e. The van der Waals surface area contributed by atoms with Gasteiger partial charge in [0, 0.05) is 16.4 Å². The molecule has 1 amide bonds. The lowest BCUT2D eigenvalue weighted by Crippen LogP contribution is -2.32. The van der Waals surface area contributed by atoms with Crippen LogP contribution in [0.15, 0.2) is 22.7 Å². The van der Waals surface area contributed by atoms with Crippen LogP contribution in [-0.4, -0.2) is 28.5 Å². The van der Waals surface area contributed by atoms with Crippen molar-refractivity contribution in [2.24, 2.45) is 5.41 Å². The molecule has 0 aliphatic rings. The third kappa shape index (κ3) is 3.47. The number of carboxylic acid groups (broad SMARTS) is 1. The fourth-order valence-corrected chi connectivity index (χ4v) is 2.40. The van der Waals surface area contributed by atoms with Crippen molar-refractivity contribution in [1.29, 1.82) is 0 Å². The number of carbonyl (C=O) groups excluding carboxylic acids is 1. The number of nitrogens with one attached hydrogen (secondary N) is 2. The molecular weight excluding hydrogens is 355 g/mol. The molecule has 0 atom stereocenters. The molecule has 0 fully saturated rings. The number of carboxylic acids is 1. The van der Waals surface area contributed by atoms with Crippen LogP contribution < -0.4 is 5.32 Å². The van der Waals surface area contributed by atoms with E-state index in [4.69, 9.17) is 5.11 Å². The van der Waals surface area contributed by atoms with Gasteiger partial charge in [0.15, 0.2) is 0 Å². The maximum atomic E-state index is 13.8. The molecule has 118 valence electrons. The van der Waals surface area contributed by atoms with Gasteiger partial charge < -0.3 is 15.4 Å². The van der Waals surface area contributed by atoms with E-state index in [-0.39, 0.29) is 12.2 Å². The quantitative estimate of drug-likeness (QED) is 0.754. The van der Waals surface area contributed by atoms with Gasteiger partial charge in [-0.1, -0.05) is 15.9 Å². The summed E-state index contributed by atoms with van der Waals surface area (Å²) in [5.41, 5.74) is -0.159. The lowest BCUT2D eigenvalue weighted by atomic mass is 9.90. The number of hydrogen-bond donors (Lipinski definition) is 3. The zero-order valence-corrected chi connectivity index (χ0v) is 13.8. The number of carbonyl (C=O) groups is 2. The first-order valence-electron chi connectivity index (χ1n) is 6.70. The molecule has 22 heavy (non-hydrogen) atoms. The minimum absolute atomic E-state index is 0.222. The van der Waals surface area contributed by atoms with Crippen molar-refractivity contribution in [3.05, 3.63) is 34.2 Å². The number of amides is 1. The molecule has 1 aromatic carbocycles. The van der Waals surface area contributed by atoms with Crippen LogP contribution in [-0.2, 0) is 4.79 Å². The highest BCUT2D eigenvalue weighted by atomic mass is 79.9. The minimum Gasteiger partial charge on any atom is -0.481 e. The smallest absolute Gasteiger partial charge is 0.309 e. The molecule has 0 aliphatic heterocycles. The van der Waals surface area contributed by atoms with E-state index in [9.17, 15) is 14.0 Å². The van der Waals surface area contributed by atoms with E-state index in [1.54, 1.807) is 19.9 Å². The Labute approximate surface area is 135 Å². The van der Waals surface area contributed by atoms with Crippen molar-refractivity contribution in [1.82, 2.24) is 10.3 Å². The van der Waals surface area contributed by atoms with Crippen LogP contribution >= 0.6 is 15.9 Å². The zero-order chi connectivity index (χ0) is 16.5. The summed E-state index contributed by atoms with van der Waals surface area (Å²) < 4.78 is 14.4. The predicted molar refractivity (Wildman–Crippen MR) is 84.3 cm³/mol. The number of benzene rings is 1. The highest BCUT2D eigenvalue weighted by Gasteiger charge is 2.26. The molecular formula is C15H16BrFN2O3. The number of aromatic amines is 1. The Hall–Kier alpha value is -1.89. The van der Waals surface area contributed by atoms with Gasteiger partial charge in [0.2, 0.25) is 0 Å². The van der Waals surface area contributed by atoms with Crippen LogP contribution in [0.25, 0.3) is 10.9 Å². The maximum absolute atomic E-state index is 13.8. The van der Waals surface area contributed by atoms with Crippen LogP contribution in [0.1, 0.15) is 30.8 Å². The topological polar surface area (TPSA) is 82.2 Å². The lowest BCUT2D eigenvalue weighted by molar-refractivity contribution is -0.147. The standard InChI is InChI=1S/C15H16BrFN2O3/c1-15(2,14(21)22)3-4-18-13(20)12-7-9-10(17)5-8(16)6-11(9)19-12/h5-7,19H,3-4H2,1-2H3,(H,18,20)(H,21,22). The van der Waals surface area contributed by atoms with Gasteiger partial charge in [-0.15, -0.1) is 0 Å². The SMILES string of the molecule is CC(C)(CCNC(=O)c1cc2c(F)cc(Br)cc2[nH]1)C(=O)O. The molecule has 7 heteroatoms. The summed E-state index contributed by atoms with van der Waals surface area (Å²) in [5, 5.41) is 12.0. The van der Waals surface area contributed by atoms with Crippen LogP contribution in [0.2, 0.25) is 0 Å².